The molecule has 4 heterocycles. The molecule has 1 N–H and O–H groups in total. The molecule has 2 amide bonds. The van der Waals surface area contributed by atoms with Crippen molar-refractivity contribution in [2.45, 2.75) is 83.7 Å². The summed E-state index contributed by atoms with van der Waals surface area (Å²) in [5.41, 5.74) is 0.491. The number of benzene rings is 1. The average molecular weight is 594 g/mol. The maximum absolute atomic E-state index is 14.2. The van der Waals surface area contributed by atoms with Gasteiger partial charge in [0.1, 0.15) is 17.9 Å². The minimum absolute atomic E-state index is 0.0398. The van der Waals surface area contributed by atoms with Crippen molar-refractivity contribution in [3.05, 3.63) is 35.9 Å². The highest BCUT2D eigenvalue weighted by molar-refractivity contribution is 5.97. The Bertz CT molecular complexity index is 1330. The Morgan fingerprint density at radius 2 is 1.91 bits per heavy atom. The van der Waals surface area contributed by atoms with E-state index in [9.17, 15) is 14.0 Å². The fourth-order valence-electron chi connectivity index (χ4n) is 7.67. The molecule has 0 radical (unpaired) electrons. The van der Waals surface area contributed by atoms with E-state index in [1.165, 1.54) is 37.4 Å². The number of carbonyl (C=O) groups excluding carboxylic acids is 2. The number of aromatic nitrogens is 3. The second-order valence-corrected chi connectivity index (χ2v) is 13.4. The number of halogens is 1. The van der Waals surface area contributed by atoms with E-state index in [-0.39, 0.29) is 46.0 Å². The molecular formula is C32H44FN7O3. The van der Waals surface area contributed by atoms with Crippen LogP contribution in [0.15, 0.2) is 24.5 Å². The number of rotatable bonds is 8. The summed E-state index contributed by atoms with van der Waals surface area (Å²) < 4.78 is 20.4. The van der Waals surface area contributed by atoms with Crippen LogP contribution in [0.2, 0.25) is 0 Å². The van der Waals surface area contributed by atoms with Gasteiger partial charge in [-0.3, -0.25) is 9.59 Å². The van der Waals surface area contributed by atoms with Crippen LogP contribution in [-0.4, -0.2) is 87.6 Å². The van der Waals surface area contributed by atoms with Crippen LogP contribution >= 0.6 is 0 Å². The molecule has 11 heteroatoms. The van der Waals surface area contributed by atoms with Crippen molar-refractivity contribution in [3.8, 4) is 11.6 Å². The molecule has 43 heavy (non-hydrogen) atoms. The number of hydrogen-bond acceptors (Lipinski definition) is 8. The minimum Gasteiger partial charge on any atom is -0.434 e. The van der Waals surface area contributed by atoms with Crippen LogP contribution in [0.1, 0.15) is 82.5 Å². The van der Waals surface area contributed by atoms with Crippen molar-refractivity contribution < 1.29 is 18.7 Å². The van der Waals surface area contributed by atoms with Crippen LogP contribution in [0.3, 0.4) is 0 Å². The monoisotopic (exact) mass is 593 g/mol. The predicted molar refractivity (Wildman–Crippen MR) is 161 cm³/mol. The summed E-state index contributed by atoms with van der Waals surface area (Å²) >= 11 is 0. The van der Waals surface area contributed by atoms with Crippen LogP contribution in [-0.2, 0) is 4.79 Å². The van der Waals surface area contributed by atoms with Gasteiger partial charge in [-0.2, -0.15) is 0 Å². The summed E-state index contributed by atoms with van der Waals surface area (Å²) in [6, 6.07) is 3.93. The van der Waals surface area contributed by atoms with Crippen LogP contribution in [0.4, 0.5) is 10.2 Å². The second kappa shape index (κ2) is 12.0. The minimum atomic E-state index is -0.501. The first-order valence-corrected chi connectivity index (χ1v) is 15.9. The zero-order chi connectivity index (χ0) is 30.2. The quantitative estimate of drug-likeness (QED) is 0.480. The van der Waals surface area contributed by atoms with Gasteiger partial charge in [-0.1, -0.05) is 0 Å². The third-order valence-electron chi connectivity index (χ3n) is 10.3. The number of likely N-dealkylation sites (tertiary alicyclic amines) is 1. The zero-order valence-corrected chi connectivity index (χ0v) is 25.6. The molecule has 0 bridgehead atoms. The number of nitrogens with zero attached hydrogens (tertiary/aromatic N) is 6. The number of amides is 2. The van der Waals surface area contributed by atoms with Crippen LogP contribution in [0.25, 0.3) is 0 Å². The normalized spacial score (nSPS) is 25.2. The van der Waals surface area contributed by atoms with Gasteiger partial charge in [0.25, 0.3) is 11.8 Å². The summed E-state index contributed by atoms with van der Waals surface area (Å²) in [5, 5.41) is 11.4. The van der Waals surface area contributed by atoms with E-state index in [0.29, 0.717) is 18.8 Å². The summed E-state index contributed by atoms with van der Waals surface area (Å²) in [6.07, 6.45) is 10.0. The number of nitrogens with one attached hydrogen (secondary N) is 1. The Labute approximate surface area is 253 Å². The molecule has 1 aromatic heterocycles. The maximum atomic E-state index is 14.2. The van der Waals surface area contributed by atoms with Gasteiger partial charge in [0.15, 0.2) is 5.82 Å². The van der Waals surface area contributed by atoms with E-state index >= 15 is 0 Å². The van der Waals surface area contributed by atoms with Crippen LogP contribution in [0.5, 0.6) is 11.6 Å². The Morgan fingerprint density at radius 3 is 2.56 bits per heavy atom. The maximum Gasteiger partial charge on any atom is 0.282 e. The Hall–Kier alpha value is -3.34. The Morgan fingerprint density at radius 1 is 1.16 bits per heavy atom. The highest BCUT2D eigenvalue weighted by Gasteiger charge is 2.47. The smallest absolute Gasteiger partial charge is 0.282 e. The highest BCUT2D eigenvalue weighted by atomic mass is 19.1. The van der Waals surface area contributed by atoms with E-state index in [4.69, 9.17) is 4.74 Å². The summed E-state index contributed by atoms with van der Waals surface area (Å²) in [6.45, 7) is 11.3. The van der Waals surface area contributed by atoms with Crippen molar-refractivity contribution in [2.75, 3.05) is 44.2 Å². The van der Waals surface area contributed by atoms with Crippen molar-refractivity contribution in [1.82, 2.24) is 30.3 Å². The second-order valence-electron chi connectivity index (χ2n) is 13.4. The lowest BCUT2D eigenvalue weighted by Crippen LogP contribution is -2.61. The van der Waals surface area contributed by atoms with Crippen molar-refractivity contribution in [2.24, 2.45) is 11.3 Å². The molecule has 2 aromatic rings. The first-order chi connectivity index (χ1) is 20.7. The number of anilines is 1. The van der Waals surface area contributed by atoms with Crippen LogP contribution in [0, 0.1) is 17.2 Å². The fraction of sp³-hybridized carbons (Fsp3) is 0.656. The molecule has 3 saturated heterocycles. The molecule has 3 aliphatic heterocycles. The van der Waals surface area contributed by atoms with E-state index in [0.717, 1.165) is 70.7 Å². The summed E-state index contributed by atoms with van der Waals surface area (Å²) in [4.78, 5) is 36.0. The van der Waals surface area contributed by atoms with Gasteiger partial charge >= 0.3 is 0 Å². The van der Waals surface area contributed by atoms with Crippen molar-refractivity contribution in [1.29, 1.82) is 0 Å². The standard InChI is InChI=1S/C32H44FN7O3/c1-4-40(22(2)3)30(42)25-17-24(33)5-6-26(25)43-29-28(34-21-35-37-29)39-19-31(20-39)13-15-38(16-14-31)18-23-7-10-32(11-8-23)12-9-27(41)36-32/h5-6,17,21-23H,4,7-16,18-20H2,1-3H3,(H,36,41). The number of piperidine rings is 1. The van der Waals surface area contributed by atoms with Gasteiger partial charge in [-0.05, 0) is 103 Å². The largest absolute Gasteiger partial charge is 0.434 e. The lowest BCUT2D eigenvalue weighted by atomic mass is 9.71. The first-order valence-electron chi connectivity index (χ1n) is 15.9. The first kappa shape index (κ1) is 29.7. The van der Waals surface area contributed by atoms with Gasteiger partial charge in [0.05, 0.1) is 5.56 Å². The fourth-order valence-corrected chi connectivity index (χ4v) is 7.67. The van der Waals surface area contributed by atoms with Crippen LogP contribution < -0.4 is 15.0 Å². The molecule has 10 nitrogen and oxygen atoms in total. The van der Waals surface area contributed by atoms with E-state index in [1.54, 1.807) is 4.90 Å². The molecule has 0 atom stereocenters. The SMILES string of the molecule is CCN(C(=O)c1cc(F)ccc1Oc1nncnc1N1CC2(CCN(CC3CCC4(CCC(=O)N4)CC3)CC2)C1)C(C)C. The summed E-state index contributed by atoms with van der Waals surface area (Å²) in [5.74, 6) is 1.20. The Kier molecular flexibility index (Phi) is 8.28. The van der Waals surface area contributed by atoms with Gasteiger partial charge in [-0.25, -0.2) is 9.37 Å². The molecule has 4 fully saturated rings. The number of ether oxygens (including phenoxy) is 1. The van der Waals surface area contributed by atoms with Gasteiger partial charge in [0.2, 0.25) is 5.91 Å². The molecule has 1 aliphatic carbocycles. The van der Waals surface area contributed by atoms with Gasteiger partial charge < -0.3 is 24.8 Å². The molecule has 1 saturated carbocycles. The zero-order valence-electron chi connectivity index (χ0n) is 25.6. The lowest BCUT2D eigenvalue weighted by Gasteiger charge is -2.54. The topological polar surface area (TPSA) is 104 Å². The van der Waals surface area contributed by atoms with E-state index < -0.39 is 5.82 Å². The third kappa shape index (κ3) is 6.18. The lowest BCUT2D eigenvalue weighted by molar-refractivity contribution is -0.120. The van der Waals surface area contributed by atoms with Gasteiger partial charge in [0, 0.05) is 49.6 Å². The summed E-state index contributed by atoms with van der Waals surface area (Å²) in [7, 11) is 0. The van der Waals surface area contributed by atoms with Crippen molar-refractivity contribution >= 4 is 17.6 Å². The highest BCUT2D eigenvalue weighted by Crippen LogP contribution is 2.45. The van der Waals surface area contributed by atoms with Gasteiger partial charge in [-0.15, -0.1) is 10.2 Å². The van der Waals surface area contributed by atoms with Crippen molar-refractivity contribution in [3.63, 3.8) is 0 Å². The molecule has 1 aromatic carbocycles. The predicted octanol–water partition coefficient (Wildman–Crippen LogP) is 4.41. The molecule has 2 spiro atoms. The molecular weight excluding hydrogens is 549 g/mol. The van der Waals surface area contributed by atoms with E-state index in [2.05, 4.69) is 30.3 Å². The molecule has 232 valence electrons. The Balaban J connectivity index is 1.05. The molecule has 6 rings (SSSR count). The number of carbonyl (C=O) groups is 2. The molecule has 4 aliphatic rings. The van der Waals surface area contributed by atoms with E-state index in [1.807, 2.05) is 20.8 Å². The average Bonchev–Trinajstić information content (AvgIpc) is 3.34. The molecule has 0 unspecified atom stereocenters. The third-order valence-corrected chi connectivity index (χ3v) is 10.3. The number of hydrogen-bond donors (Lipinski definition) is 1.